The molecule has 6 N–H and O–H groups in total. The average Bonchev–Trinajstić information content (AvgIpc) is 3.59. The second kappa shape index (κ2) is 10.5. The lowest BCUT2D eigenvalue weighted by molar-refractivity contribution is 0.0927. The third-order valence-electron chi connectivity index (χ3n) is 6.90. The van der Waals surface area contributed by atoms with Gasteiger partial charge in [-0.25, -0.2) is 14.4 Å². The van der Waals surface area contributed by atoms with E-state index in [0.717, 1.165) is 38.5 Å². The molecule has 0 bridgehead atoms. The number of rotatable bonds is 7. The first-order chi connectivity index (χ1) is 16.4. The second-order valence-electron chi connectivity index (χ2n) is 9.55. The molecule has 3 aromatic rings. The molecule has 5 rings (SSSR count). The van der Waals surface area contributed by atoms with Crippen molar-refractivity contribution in [2.75, 3.05) is 6.61 Å². The molecule has 8 nitrogen and oxygen atoms in total. The summed E-state index contributed by atoms with van der Waals surface area (Å²) in [7, 11) is 0. The molecule has 0 aliphatic heterocycles. The Balaban J connectivity index is 0.00000289. The van der Waals surface area contributed by atoms with Gasteiger partial charge in [0, 0.05) is 41.5 Å². The molecule has 1 aromatic carbocycles. The minimum absolute atomic E-state index is 0. The van der Waals surface area contributed by atoms with Crippen LogP contribution < -0.4 is 21.5 Å². The molecule has 10 heteroatoms. The number of aromatic amines is 1. The van der Waals surface area contributed by atoms with Crippen LogP contribution in [0.15, 0.2) is 18.5 Å². The van der Waals surface area contributed by atoms with E-state index in [2.05, 4.69) is 20.3 Å². The number of nitrogens with zero attached hydrogens (tertiary/aromatic N) is 2. The quantitative estimate of drug-likeness (QED) is 0.389. The molecule has 2 aliphatic rings. The van der Waals surface area contributed by atoms with Gasteiger partial charge in [-0.05, 0) is 57.4 Å². The number of nitrogens with two attached hydrogens (primary N) is 2. The summed E-state index contributed by atoms with van der Waals surface area (Å²) in [5.74, 6) is 0.351. The van der Waals surface area contributed by atoms with E-state index >= 15 is 0 Å². The Morgan fingerprint density at radius 1 is 1.20 bits per heavy atom. The average molecular weight is 503 g/mol. The number of hydrogen-bond donors (Lipinski definition) is 4. The van der Waals surface area contributed by atoms with Gasteiger partial charge >= 0.3 is 0 Å². The summed E-state index contributed by atoms with van der Waals surface area (Å²) >= 11 is 0. The maximum atomic E-state index is 14.6. The molecule has 0 spiro atoms. The third kappa shape index (κ3) is 5.27. The van der Waals surface area contributed by atoms with Crippen molar-refractivity contribution in [2.24, 2.45) is 17.4 Å². The van der Waals surface area contributed by atoms with Crippen molar-refractivity contribution >= 4 is 29.3 Å². The lowest BCUT2D eigenvalue weighted by Gasteiger charge is -2.26. The minimum Gasteiger partial charge on any atom is -0.492 e. The number of H-pyrrole nitrogens is 1. The number of carbonyl (C=O) groups is 1. The van der Waals surface area contributed by atoms with Gasteiger partial charge in [0.25, 0.3) is 5.91 Å². The number of fused-ring (bicyclic) bond motifs is 1. The van der Waals surface area contributed by atoms with Crippen LogP contribution in [0.5, 0.6) is 5.75 Å². The zero-order valence-corrected chi connectivity index (χ0v) is 20.6. The van der Waals surface area contributed by atoms with Gasteiger partial charge in [0.05, 0.1) is 17.7 Å². The van der Waals surface area contributed by atoms with Crippen molar-refractivity contribution in [1.29, 1.82) is 0 Å². The van der Waals surface area contributed by atoms with Crippen molar-refractivity contribution in [3.8, 4) is 17.0 Å². The van der Waals surface area contributed by atoms with E-state index in [9.17, 15) is 9.18 Å². The molecular weight excluding hydrogens is 471 g/mol. The van der Waals surface area contributed by atoms with Crippen molar-refractivity contribution in [1.82, 2.24) is 20.3 Å². The molecular formula is C25H32ClFN6O2. The van der Waals surface area contributed by atoms with Crippen LogP contribution in [0.4, 0.5) is 4.39 Å². The molecule has 0 radical (unpaired) electrons. The van der Waals surface area contributed by atoms with E-state index in [4.69, 9.17) is 16.2 Å². The Kier molecular flexibility index (Phi) is 7.59. The molecule has 2 fully saturated rings. The zero-order valence-electron chi connectivity index (χ0n) is 19.8. The first kappa shape index (κ1) is 25.3. The number of nitrogens with one attached hydrogen (secondary N) is 2. The highest BCUT2D eigenvalue weighted by molar-refractivity contribution is 6.09. The van der Waals surface area contributed by atoms with Crippen molar-refractivity contribution in [2.45, 2.75) is 64.1 Å². The van der Waals surface area contributed by atoms with E-state index in [0.29, 0.717) is 57.4 Å². The standard InChI is InChI=1S/C25H31FN6O2.ClH/c1-13-21(25(33)32-17-6-4-16(28)5-7-17)23-24(31-13)22(29-12-30-23)18-8-15(10-27)19(26)9-20(18)34-11-14-2-3-14;/h8-9,12,14,16-17,31H,2-7,10-11,27-28H2,1H3,(H,32,33);1H/t16-,17+;. The van der Waals surface area contributed by atoms with Gasteiger partial charge in [0.15, 0.2) is 0 Å². The van der Waals surface area contributed by atoms with Crippen LogP contribution in [-0.2, 0) is 6.54 Å². The molecule has 2 saturated carbocycles. The highest BCUT2D eigenvalue weighted by atomic mass is 35.5. The van der Waals surface area contributed by atoms with Crippen LogP contribution >= 0.6 is 12.4 Å². The smallest absolute Gasteiger partial charge is 0.255 e. The van der Waals surface area contributed by atoms with Gasteiger partial charge in [-0.15, -0.1) is 12.4 Å². The van der Waals surface area contributed by atoms with Crippen molar-refractivity contribution in [3.05, 3.63) is 41.1 Å². The van der Waals surface area contributed by atoms with Crippen LogP contribution in [0.25, 0.3) is 22.3 Å². The van der Waals surface area contributed by atoms with Gasteiger partial charge in [-0.2, -0.15) is 0 Å². The molecule has 1 amide bonds. The molecule has 0 saturated heterocycles. The van der Waals surface area contributed by atoms with Crippen molar-refractivity contribution < 1.29 is 13.9 Å². The normalized spacial score (nSPS) is 19.9. The van der Waals surface area contributed by atoms with Crippen LogP contribution in [0.2, 0.25) is 0 Å². The summed E-state index contributed by atoms with van der Waals surface area (Å²) < 4.78 is 20.6. The predicted molar refractivity (Wildman–Crippen MR) is 135 cm³/mol. The largest absolute Gasteiger partial charge is 0.492 e. The predicted octanol–water partition coefficient (Wildman–Crippen LogP) is 3.74. The first-order valence-electron chi connectivity index (χ1n) is 12.0. The van der Waals surface area contributed by atoms with Crippen LogP contribution in [0.1, 0.15) is 60.1 Å². The molecule has 2 aromatic heterocycles. The first-order valence-corrected chi connectivity index (χ1v) is 12.0. The van der Waals surface area contributed by atoms with E-state index in [1.165, 1.54) is 12.4 Å². The SMILES string of the molecule is Cc1[nH]c2c(-c3cc(CN)c(F)cc3OCC3CC3)ncnc2c1C(=O)N[C@H]1CC[C@@H](N)CC1.Cl. The number of aromatic nitrogens is 3. The third-order valence-corrected chi connectivity index (χ3v) is 6.90. The fourth-order valence-electron chi connectivity index (χ4n) is 4.68. The highest BCUT2D eigenvalue weighted by Gasteiger charge is 2.27. The number of amides is 1. The Morgan fingerprint density at radius 2 is 1.94 bits per heavy atom. The summed E-state index contributed by atoms with van der Waals surface area (Å²) in [6.07, 6.45) is 7.22. The minimum atomic E-state index is -0.405. The Labute approximate surface area is 209 Å². The maximum Gasteiger partial charge on any atom is 0.255 e. The van der Waals surface area contributed by atoms with Gasteiger partial charge in [0.2, 0.25) is 0 Å². The van der Waals surface area contributed by atoms with E-state index in [1.54, 1.807) is 6.07 Å². The zero-order chi connectivity index (χ0) is 23.8. The molecule has 0 unspecified atom stereocenters. The van der Waals surface area contributed by atoms with Crippen LogP contribution in [0.3, 0.4) is 0 Å². The molecule has 2 heterocycles. The monoisotopic (exact) mass is 502 g/mol. The summed E-state index contributed by atoms with van der Waals surface area (Å²) in [6, 6.07) is 3.37. The van der Waals surface area contributed by atoms with E-state index in [1.807, 2.05) is 6.92 Å². The highest BCUT2D eigenvalue weighted by Crippen LogP contribution is 2.38. The Hall–Kier alpha value is -2.75. The summed E-state index contributed by atoms with van der Waals surface area (Å²) in [4.78, 5) is 25.4. The topological polar surface area (TPSA) is 132 Å². The molecule has 188 valence electrons. The fraction of sp³-hybridized carbons (Fsp3) is 0.480. The van der Waals surface area contributed by atoms with Crippen molar-refractivity contribution in [3.63, 3.8) is 0 Å². The number of halogens is 2. The van der Waals surface area contributed by atoms with Gasteiger partial charge in [-0.3, -0.25) is 4.79 Å². The van der Waals surface area contributed by atoms with E-state index < -0.39 is 5.82 Å². The molecule has 0 atom stereocenters. The molecule has 35 heavy (non-hydrogen) atoms. The second-order valence-corrected chi connectivity index (χ2v) is 9.55. The maximum absolute atomic E-state index is 14.6. The summed E-state index contributed by atoms with van der Waals surface area (Å²) in [5.41, 5.74) is 15.7. The number of carbonyl (C=O) groups excluding carboxylic acids is 1. The van der Waals surface area contributed by atoms with Gasteiger partial charge in [0.1, 0.15) is 29.1 Å². The molecule has 2 aliphatic carbocycles. The lowest BCUT2D eigenvalue weighted by Crippen LogP contribution is -2.40. The summed E-state index contributed by atoms with van der Waals surface area (Å²) in [6.45, 7) is 2.43. The summed E-state index contributed by atoms with van der Waals surface area (Å²) in [5, 5.41) is 3.15. The van der Waals surface area contributed by atoms with Gasteiger partial charge < -0.3 is 26.5 Å². The Morgan fingerprint density at radius 3 is 2.63 bits per heavy atom. The number of ether oxygens (including phenoxy) is 1. The Bertz CT molecular complexity index is 1220. The fourth-order valence-corrected chi connectivity index (χ4v) is 4.68. The number of hydrogen-bond acceptors (Lipinski definition) is 6. The number of benzene rings is 1. The van der Waals surface area contributed by atoms with Crippen LogP contribution in [0, 0.1) is 18.7 Å². The van der Waals surface area contributed by atoms with E-state index in [-0.39, 0.29) is 36.9 Å². The number of aryl methyl sites for hydroxylation is 1. The van der Waals surface area contributed by atoms with Gasteiger partial charge in [-0.1, -0.05) is 0 Å². The lowest BCUT2D eigenvalue weighted by atomic mass is 9.91. The van der Waals surface area contributed by atoms with Crippen LogP contribution in [-0.4, -0.2) is 39.5 Å².